The summed E-state index contributed by atoms with van der Waals surface area (Å²) >= 11 is 0. The van der Waals surface area contributed by atoms with Gasteiger partial charge in [0.2, 0.25) is 0 Å². The number of rotatable bonds is 1. The van der Waals surface area contributed by atoms with Crippen LogP contribution in [0, 0.1) is 17.5 Å². The summed E-state index contributed by atoms with van der Waals surface area (Å²) in [5.41, 5.74) is 6.54. The van der Waals surface area contributed by atoms with Crippen LogP contribution < -0.4 is 5.73 Å². The normalized spacial score (nSPS) is 25.1. The Kier molecular flexibility index (Phi) is 3.22. The van der Waals surface area contributed by atoms with Crippen molar-refractivity contribution in [1.29, 1.82) is 0 Å². The molecule has 1 aromatic rings. The quantitative estimate of drug-likeness (QED) is 0.607. The lowest BCUT2D eigenvalue weighted by Crippen LogP contribution is -2.36. The third-order valence-corrected chi connectivity index (χ3v) is 2.73. The standard InChI is InChI=1S/C12H12F3NO/c1-6-2-11(16)12(17-5-6)7-3-9(14)10(15)4-8(7)13/h3-4,11-12H,1-2,5,16H2. The van der Waals surface area contributed by atoms with Crippen molar-refractivity contribution >= 4 is 0 Å². The Morgan fingerprint density at radius 3 is 2.47 bits per heavy atom. The molecule has 2 N–H and O–H groups in total. The van der Waals surface area contributed by atoms with E-state index < -0.39 is 29.6 Å². The lowest BCUT2D eigenvalue weighted by molar-refractivity contribution is 0.0243. The highest BCUT2D eigenvalue weighted by molar-refractivity contribution is 5.25. The van der Waals surface area contributed by atoms with Crippen LogP contribution in [-0.2, 0) is 4.74 Å². The second-order valence-electron chi connectivity index (χ2n) is 4.14. The second-order valence-corrected chi connectivity index (χ2v) is 4.14. The van der Waals surface area contributed by atoms with Crippen LogP contribution in [-0.4, -0.2) is 12.6 Å². The van der Waals surface area contributed by atoms with Gasteiger partial charge in [0.05, 0.1) is 6.61 Å². The minimum absolute atomic E-state index is 0.0519. The van der Waals surface area contributed by atoms with Crippen LogP contribution in [0.2, 0.25) is 0 Å². The molecular formula is C12H12F3NO. The molecule has 1 aliphatic heterocycles. The molecule has 0 saturated carbocycles. The van der Waals surface area contributed by atoms with Crippen molar-refractivity contribution < 1.29 is 17.9 Å². The van der Waals surface area contributed by atoms with E-state index in [2.05, 4.69) is 6.58 Å². The number of nitrogens with two attached hydrogens (primary N) is 1. The molecule has 5 heteroatoms. The highest BCUT2D eigenvalue weighted by atomic mass is 19.2. The van der Waals surface area contributed by atoms with Gasteiger partial charge in [-0.05, 0) is 12.5 Å². The Morgan fingerprint density at radius 2 is 1.82 bits per heavy atom. The highest BCUT2D eigenvalue weighted by Crippen LogP contribution is 2.31. The zero-order chi connectivity index (χ0) is 12.6. The predicted molar refractivity (Wildman–Crippen MR) is 56.7 cm³/mol. The first-order chi connectivity index (χ1) is 7.99. The fourth-order valence-corrected chi connectivity index (χ4v) is 1.91. The van der Waals surface area contributed by atoms with Crippen molar-refractivity contribution in [2.75, 3.05) is 6.61 Å². The molecule has 0 amide bonds. The molecule has 17 heavy (non-hydrogen) atoms. The molecule has 0 radical (unpaired) electrons. The highest BCUT2D eigenvalue weighted by Gasteiger charge is 2.29. The zero-order valence-electron chi connectivity index (χ0n) is 9.05. The summed E-state index contributed by atoms with van der Waals surface area (Å²) in [5, 5.41) is 0. The maximum atomic E-state index is 13.5. The van der Waals surface area contributed by atoms with E-state index in [-0.39, 0.29) is 12.2 Å². The number of benzene rings is 1. The third kappa shape index (κ3) is 2.35. The summed E-state index contributed by atoms with van der Waals surface area (Å²) in [5.74, 6) is -3.18. The van der Waals surface area contributed by atoms with Crippen molar-refractivity contribution in [3.63, 3.8) is 0 Å². The topological polar surface area (TPSA) is 35.2 Å². The van der Waals surface area contributed by atoms with Gasteiger partial charge in [-0.3, -0.25) is 0 Å². The van der Waals surface area contributed by atoms with Crippen molar-refractivity contribution in [2.24, 2.45) is 5.73 Å². The van der Waals surface area contributed by atoms with E-state index in [0.717, 1.165) is 11.6 Å². The Labute approximate surface area is 96.9 Å². The van der Waals surface area contributed by atoms with E-state index in [4.69, 9.17) is 10.5 Å². The fraction of sp³-hybridized carbons (Fsp3) is 0.333. The monoisotopic (exact) mass is 243 g/mol. The van der Waals surface area contributed by atoms with E-state index in [1.54, 1.807) is 0 Å². The van der Waals surface area contributed by atoms with Gasteiger partial charge in [-0.1, -0.05) is 12.2 Å². The number of ether oxygens (including phenoxy) is 1. The fourth-order valence-electron chi connectivity index (χ4n) is 1.91. The Hall–Kier alpha value is -1.33. The maximum Gasteiger partial charge on any atom is 0.161 e. The molecule has 1 heterocycles. The summed E-state index contributed by atoms with van der Waals surface area (Å²) in [7, 11) is 0. The zero-order valence-corrected chi connectivity index (χ0v) is 9.05. The number of hydrogen-bond acceptors (Lipinski definition) is 2. The summed E-state index contributed by atoms with van der Waals surface area (Å²) in [6, 6.07) is 0.795. The van der Waals surface area contributed by atoms with Crippen LogP contribution >= 0.6 is 0 Å². The SMILES string of the molecule is C=C1COC(c2cc(F)c(F)cc2F)C(N)C1. The molecule has 0 aromatic heterocycles. The molecule has 0 spiro atoms. The Morgan fingerprint density at radius 1 is 1.18 bits per heavy atom. The first-order valence-corrected chi connectivity index (χ1v) is 5.17. The average Bonchev–Trinajstić information content (AvgIpc) is 2.24. The van der Waals surface area contributed by atoms with Crippen LogP contribution in [0.15, 0.2) is 24.3 Å². The van der Waals surface area contributed by atoms with Crippen LogP contribution in [0.5, 0.6) is 0 Å². The first-order valence-electron chi connectivity index (χ1n) is 5.17. The molecule has 2 rings (SSSR count). The van der Waals surface area contributed by atoms with Crippen molar-refractivity contribution in [1.82, 2.24) is 0 Å². The van der Waals surface area contributed by atoms with Gasteiger partial charge in [0.15, 0.2) is 11.6 Å². The van der Waals surface area contributed by atoms with Gasteiger partial charge in [-0.2, -0.15) is 0 Å². The molecule has 2 unspecified atom stereocenters. The molecular weight excluding hydrogens is 231 g/mol. The van der Waals surface area contributed by atoms with Gasteiger partial charge < -0.3 is 10.5 Å². The minimum Gasteiger partial charge on any atom is -0.367 e. The Bertz CT molecular complexity index is 461. The first kappa shape index (κ1) is 12.1. The Balaban J connectivity index is 2.34. The van der Waals surface area contributed by atoms with Crippen molar-refractivity contribution in [2.45, 2.75) is 18.6 Å². The van der Waals surface area contributed by atoms with Gasteiger partial charge >= 0.3 is 0 Å². The van der Waals surface area contributed by atoms with Crippen molar-refractivity contribution in [3.05, 3.63) is 47.3 Å². The molecule has 2 nitrogen and oxygen atoms in total. The lowest BCUT2D eigenvalue weighted by Gasteiger charge is -2.30. The molecule has 0 bridgehead atoms. The van der Waals surface area contributed by atoms with E-state index in [1.165, 1.54) is 0 Å². The van der Waals surface area contributed by atoms with Gasteiger partial charge in [-0.15, -0.1) is 0 Å². The number of halogens is 3. The lowest BCUT2D eigenvalue weighted by atomic mass is 9.94. The van der Waals surface area contributed by atoms with Gasteiger partial charge in [0.25, 0.3) is 0 Å². The summed E-state index contributed by atoms with van der Waals surface area (Å²) in [6.45, 7) is 3.96. The largest absolute Gasteiger partial charge is 0.367 e. The molecule has 0 aliphatic carbocycles. The van der Waals surface area contributed by atoms with Crippen LogP contribution in [0.4, 0.5) is 13.2 Å². The summed E-state index contributed by atoms with van der Waals surface area (Å²) < 4.78 is 44.7. The molecule has 1 aliphatic rings. The van der Waals surface area contributed by atoms with E-state index in [1.807, 2.05) is 0 Å². The van der Waals surface area contributed by atoms with E-state index in [9.17, 15) is 13.2 Å². The van der Waals surface area contributed by atoms with Gasteiger partial charge in [0, 0.05) is 17.7 Å². The maximum absolute atomic E-state index is 13.5. The number of hydrogen-bond donors (Lipinski definition) is 1. The predicted octanol–water partition coefficient (Wildman–Crippen LogP) is 2.45. The molecule has 1 saturated heterocycles. The van der Waals surface area contributed by atoms with Crippen molar-refractivity contribution in [3.8, 4) is 0 Å². The smallest absolute Gasteiger partial charge is 0.161 e. The summed E-state index contributed by atoms with van der Waals surface area (Å²) in [4.78, 5) is 0. The van der Waals surface area contributed by atoms with Crippen LogP contribution in [0.3, 0.4) is 0 Å². The third-order valence-electron chi connectivity index (χ3n) is 2.73. The average molecular weight is 243 g/mol. The molecule has 1 aromatic carbocycles. The van der Waals surface area contributed by atoms with Crippen LogP contribution in [0.1, 0.15) is 18.1 Å². The van der Waals surface area contributed by atoms with E-state index in [0.29, 0.717) is 12.5 Å². The summed E-state index contributed by atoms with van der Waals surface area (Å²) in [6.07, 6.45) is -0.293. The van der Waals surface area contributed by atoms with E-state index >= 15 is 0 Å². The second kappa shape index (κ2) is 4.50. The van der Waals surface area contributed by atoms with Gasteiger partial charge in [-0.25, -0.2) is 13.2 Å². The minimum atomic E-state index is -1.22. The molecule has 92 valence electrons. The van der Waals surface area contributed by atoms with Gasteiger partial charge in [0.1, 0.15) is 11.9 Å². The molecule has 1 fully saturated rings. The molecule has 2 atom stereocenters. The van der Waals surface area contributed by atoms with Crippen LogP contribution in [0.25, 0.3) is 0 Å².